The number of hydrogen-bond donors (Lipinski definition) is 2. The zero-order valence-electron chi connectivity index (χ0n) is 8.63. The Morgan fingerprint density at radius 3 is 1.71 bits per heavy atom. The second-order valence-electron chi connectivity index (χ2n) is 4.16. The highest BCUT2D eigenvalue weighted by Crippen LogP contribution is 2.26. The average molecular weight is 232 g/mol. The van der Waals surface area contributed by atoms with E-state index >= 15 is 0 Å². The maximum Gasteiger partial charge on any atom is 0.0191 e. The van der Waals surface area contributed by atoms with Gasteiger partial charge in [-0.2, -0.15) is 0 Å². The lowest BCUT2D eigenvalue weighted by Gasteiger charge is -2.11. The van der Waals surface area contributed by atoms with Crippen molar-refractivity contribution in [1.82, 2.24) is 10.6 Å². The summed E-state index contributed by atoms with van der Waals surface area (Å²) < 4.78 is 0. The van der Waals surface area contributed by atoms with Crippen molar-refractivity contribution in [2.75, 3.05) is 24.6 Å². The fourth-order valence-electron chi connectivity index (χ4n) is 2.06. The van der Waals surface area contributed by atoms with Gasteiger partial charge < -0.3 is 10.6 Å². The largest absolute Gasteiger partial charge is 0.313 e. The Labute approximate surface area is 94.8 Å². The molecule has 2 aliphatic rings. The molecule has 0 aromatic carbocycles. The summed E-state index contributed by atoms with van der Waals surface area (Å²) in [6, 6.07) is 1.59. The molecule has 0 aromatic rings. The van der Waals surface area contributed by atoms with E-state index in [0.717, 1.165) is 12.1 Å². The standard InChI is InChI=1S/C10H20N2S2/c1-3-9(11-5-1)7-13-14-8-10-4-2-6-12-10/h9-12H,1-8H2/t9-,10-/m0/s1. The Morgan fingerprint density at radius 2 is 1.36 bits per heavy atom. The summed E-state index contributed by atoms with van der Waals surface area (Å²) in [4.78, 5) is 0. The van der Waals surface area contributed by atoms with E-state index in [1.165, 1.54) is 50.3 Å². The molecule has 0 saturated carbocycles. The van der Waals surface area contributed by atoms with E-state index in [4.69, 9.17) is 0 Å². The number of rotatable bonds is 5. The van der Waals surface area contributed by atoms with E-state index in [0.29, 0.717) is 0 Å². The smallest absolute Gasteiger partial charge is 0.0191 e. The van der Waals surface area contributed by atoms with Crippen LogP contribution in [0.5, 0.6) is 0 Å². The van der Waals surface area contributed by atoms with Crippen LogP contribution in [0.2, 0.25) is 0 Å². The molecular formula is C10H20N2S2. The van der Waals surface area contributed by atoms with Crippen molar-refractivity contribution in [2.45, 2.75) is 37.8 Å². The fourth-order valence-corrected chi connectivity index (χ4v) is 4.71. The van der Waals surface area contributed by atoms with Gasteiger partial charge in [0.2, 0.25) is 0 Å². The van der Waals surface area contributed by atoms with Gasteiger partial charge in [-0.15, -0.1) is 0 Å². The van der Waals surface area contributed by atoms with Gasteiger partial charge in [0, 0.05) is 23.6 Å². The molecule has 0 bridgehead atoms. The number of nitrogens with one attached hydrogen (secondary N) is 2. The van der Waals surface area contributed by atoms with Crippen LogP contribution in [0.3, 0.4) is 0 Å². The first kappa shape index (κ1) is 11.1. The summed E-state index contributed by atoms with van der Waals surface area (Å²) in [5.41, 5.74) is 0. The van der Waals surface area contributed by atoms with E-state index in [2.05, 4.69) is 32.2 Å². The number of hydrogen-bond acceptors (Lipinski definition) is 4. The molecule has 2 heterocycles. The molecule has 0 spiro atoms. The molecule has 2 N–H and O–H groups in total. The highest BCUT2D eigenvalue weighted by molar-refractivity contribution is 8.76. The first-order chi connectivity index (χ1) is 6.95. The van der Waals surface area contributed by atoms with Crippen molar-refractivity contribution in [1.29, 1.82) is 0 Å². The normalized spacial score (nSPS) is 32.6. The Hall–Kier alpha value is 0.620. The van der Waals surface area contributed by atoms with Crippen LogP contribution < -0.4 is 10.6 Å². The van der Waals surface area contributed by atoms with Crippen molar-refractivity contribution in [3.63, 3.8) is 0 Å². The second-order valence-corrected chi connectivity index (χ2v) is 6.71. The summed E-state index contributed by atoms with van der Waals surface area (Å²) in [5, 5.41) is 7.07. The van der Waals surface area contributed by atoms with Gasteiger partial charge in [-0.3, -0.25) is 0 Å². The monoisotopic (exact) mass is 232 g/mol. The van der Waals surface area contributed by atoms with E-state index < -0.39 is 0 Å². The van der Waals surface area contributed by atoms with Gasteiger partial charge in [-0.05, 0) is 38.8 Å². The molecule has 2 nitrogen and oxygen atoms in total. The van der Waals surface area contributed by atoms with E-state index in [9.17, 15) is 0 Å². The molecule has 4 heteroatoms. The minimum absolute atomic E-state index is 0.795. The first-order valence-corrected chi connectivity index (χ1v) is 8.15. The van der Waals surface area contributed by atoms with Gasteiger partial charge in [0.25, 0.3) is 0 Å². The van der Waals surface area contributed by atoms with E-state index in [-0.39, 0.29) is 0 Å². The third-order valence-corrected chi connectivity index (χ3v) is 5.51. The Morgan fingerprint density at radius 1 is 0.857 bits per heavy atom. The van der Waals surface area contributed by atoms with Crippen molar-refractivity contribution >= 4 is 21.6 Å². The van der Waals surface area contributed by atoms with Crippen molar-refractivity contribution in [3.05, 3.63) is 0 Å². The van der Waals surface area contributed by atoms with Crippen molar-refractivity contribution in [3.8, 4) is 0 Å². The molecule has 0 radical (unpaired) electrons. The SMILES string of the molecule is C1CN[C@H](CSSC[C@@H]2CCCN2)C1. The van der Waals surface area contributed by atoms with Crippen molar-refractivity contribution < 1.29 is 0 Å². The second kappa shape index (κ2) is 6.26. The lowest BCUT2D eigenvalue weighted by atomic mass is 10.3. The van der Waals surface area contributed by atoms with Crippen LogP contribution in [-0.4, -0.2) is 36.7 Å². The highest BCUT2D eigenvalue weighted by Gasteiger charge is 2.16. The van der Waals surface area contributed by atoms with Crippen LogP contribution in [0.4, 0.5) is 0 Å². The third kappa shape index (κ3) is 3.65. The average Bonchev–Trinajstić information content (AvgIpc) is 2.86. The quantitative estimate of drug-likeness (QED) is 0.558. The van der Waals surface area contributed by atoms with Crippen LogP contribution in [0.25, 0.3) is 0 Å². The molecule has 2 aliphatic heterocycles. The minimum Gasteiger partial charge on any atom is -0.313 e. The van der Waals surface area contributed by atoms with Crippen LogP contribution in [-0.2, 0) is 0 Å². The van der Waals surface area contributed by atoms with Gasteiger partial charge in [0.15, 0.2) is 0 Å². The maximum absolute atomic E-state index is 3.54. The summed E-state index contributed by atoms with van der Waals surface area (Å²) in [7, 11) is 4.10. The molecule has 0 aliphatic carbocycles. The molecule has 2 saturated heterocycles. The molecule has 14 heavy (non-hydrogen) atoms. The summed E-state index contributed by atoms with van der Waals surface area (Å²) in [6.45, 7) is 2.47. The molecule has 2 atom stereocenters. The summed E-state index contributed by atoms with van der Waals surface area (Å²) in [6.07, 6.45) is 5.52. The Kier molecular flexibility index (Phi) is 4.97. The minimum atomic E-state index is 0.795. The predicted molar refractivity (Wildman–Crippen MR) is 67.0 cm³/mol. The van der Waals surface area contributed by atoms with Crippen LogP contribution in [0.1, 0.15) is 25.7 Å². The van der Waals surface area contributed by atoms with E-state index in [1.54, 1.807) is 0 Å². The van der Waals surface area contributed by atoms with E-state index in [1.807, 2.05) is 0 Å². The molecular weight excluding hydrogens is 212 g/mol. The lowest BCUT2D eigenvalue weighted by Crippen LogP contribution is -2.24. The molecule has 82 valence electrons. The van der Waals surface area contributed by atoms with Gasteiger partial charge >= 0.3 is 0 Å². The van der Waals surface area contributed by atoms with Crippen LogP contribution in [0, 0.1) is 0 Å². The zero-order chi connectivity index (χ0) is 9.64. The molecule has 2 rings (SSSR count). The van der Waals surface area contributed by atoms with Crippen LogP contribution in [0.15, 0.2) is 0 Å². The van der Waals surface area contributed by atoms with Gasteiger partial charge in [-0.1, -0.05) is 21.6 Å². The molecule has 0 aromatic heterocycles. The highest BCUT2D eigenvalue weighted by atomic mass is 33.1. The zero-order valence-corrected chi connectivity index (χ0v) is 10.3. The topological polar surface area (TPSA) is 24.1 Å². The third-order valence-electron chi connectivity index (χ3n) is 2.95. The predicted octanol–water partition coefficient (Wildman–Crippen LogP) is 1.87. The van der Waals surface area contributed by atoms with Crippen LogP contribution >= 0.6 is 21.6 Å². The maximum atomic E-state index is 3.54. The van der Waals surface area contributed by atoms with Gasteiger partial charge in [0.1, 0.15) is 0 Å². The molecule has 0 unspecified atom stereocenters. The molecule has 2 fully saturated rings. The summed E-state index contributed by atoms with van der Waals surface area (Å²) >= 11 is 0. The van der Waals surface area contributed by atoms with Gasteiger partial charge in [-0.25, -0.2) is 0 Å². The first-order valence-electron chi connectivity index (χ1n) is 5.66. The Bertz CT molecular complexity index is 136. The fraction of sp³-hybridized carbons (Fsp3) is 1.00. The van der Waals surface area contributed by atoms with Gasteiger partial charge in [0.05, 0.1) is 0 Å². The van der Waals surface area contributed by atoms with Crippen molar-refractivity contribution in [2.24, 2.45) is 0 Å². The molecule has 0 amide bonds. The lowest BCUT2D eigenvalue weighted by molar-refractivity contribution is 0.673. The summed E-state index contributed by atoms with van der Waals surface area (Å²) in [5.74, 6) is 2.58. The Balaban J connectivity index is 1.46.